The van der Waals surface area contributed by atoms with Crippen molar-refractivity contribution in [2.45, 2.75) is 38.1 Å². The van der Waals surface area contributed by atoms with Gasteiger partial charge in [-0.2, -0.15) is 5.10 Å². The van der Waals surface area contributed by atoms with Gasteiger partial charge in [0.25, 0.3) is 0 Å². The zero-order valence-electron chi connectivity index (χ0n) is 7.77. The molecule has 4 heteroatoms. The summed E-state index contributed by atoms with van der Waals surface area (Å²) in [6, 6.07) is -0.122. The Kier molecular flexibility index (Phi) is 2.22. The molecule has 13 heavy (non-hydrogen) atoms. The summed E-state index contributed by atoms with van der Waals surface area (Å²) in [4.78, 5) is 4.18. The first-order valence-electron chi connectivity index (χ1n) is 4.72. The van der Waals surface area contributed by atoms with Crippen LogP contribution >= 0.6 is 0 Å². The van der Waals surface area contributed by atoms with Gasteiger partial charge in [0, 0.05) is 5.92 Å². The summed E-state index contributed by atoms with van der Waals surface area (Å²) in [6.07, 6.45) is 5.58. The molecule has 0 bridgehead atoms. The first-order chi connectivity index (χ1) is 6.27. The van der Waals surface area contributed by atoms with Crippen molar-refractivity contribution < 1.29 is 0 Å². The normalized spacial score (nSPS) is 19.5. The number of nitrogens with zero attached hydrogens (tertiary/aromatic N) is 3. The fraction of sp³-hybridized carbons (Fsp3) is 0.667. The average Bonchev–Trinajstić information content (AvgIpc) is 2.02. The minimum absolute atomic E-state index is 0.122. The molecule has 70 valence electrons. The summed E-state index contributed by atoms with van der Waals surface area (Å²) in [5.41, 5.74) is 6.65. The Morgan fingerprint density at radius 2 is 2.23 bits per heavy atom. The van der Waals surface area contributed by atoms with Crippen molar-refractivity contribution in [3.63, 3.8) is 0 Å². The van der Waals surface area contributed by atoms with Crippen LogP contribution in [0.1, 0.15) is 49.7 Å². The predicted molar refractivity (Wildman–Crippen MR) is 49.0 cm³/mol. The fourth-order valence-electron chi connectivity index (χ4n) is 1.39. The molecule has 2 N–H and O–H groups in total. The van der Waals surface area contributed by atoms with E-state index >= 15 is 0 Å². The molecule has 0 aromatic carbocycles. The summed E-state index contributed by atoms with van der Waals surface area (Å²) in [7, 11) is 0. The van der Waals surface area contributed by atoms with E-state index in [0.717, 1.165) is 5.69 Å². The lowest BCUT2D eigenvalue weighted by Gasteiger charge is -2.23. The molecule has 1 saturated carbocycles. The Balaban J connectivity index is 2.13. The lowest BCUT2D eigenvalue weighted by molar-refractivity contribution is 0.405. The van der Waals surface area contributed by atoms with Gasteiger partial charge in [0.2, 0.25) is 0 Å². The number of hydrogen-bond acceptors (Lipinski definition) is 4. The summed E-state index contributed by atoms with van der Waals surface area (Å²) in [5.74, 6) is 1.23. The van der Waals surface area contributed by atoms with Crippen molar-refractivity contribution in [1.82, 2.24) is 15.2 Å². The van der Waals surface area contributed by atoms with Gasteiger partial charge < -0.3 is 5.73 Å². The second-order valence-corrected chi connectivity index (χ2v) is 3.66. The number of hydrogen-bond donors (Lipinski definition) is 1. The lowest BCUT2D eigenvalue weighted by Crippen LogP contribution is -2.15. The molecule has 1 aromatic rings. The molecule has 0 amide bonds. The third-order valence-electron chi connectivity index (χ3n) is 2.53. The Morgan fingerprint density at radius 3 is 2.62 bits per heavy atom. The minimum atomic E-state index is -0.122. The van der Waals surface area contributed by atoms with Crippen LogP contribution in [-0.2, 0) is 0 Å². The smallest absolute Gasteiger partial charge is 0.167 e. The van der Waals surface area contributed by atoms with Crippen LogP contribution in [0.4, 0.5) is 0 Å². The molecule has 1 aliphatic rings. The molecule has 1 unspecified atom stereocenters. The van der Waals surface area contributed by atoms with Crippen LogP contribution in [-0.4, -0.2) is 15.2 Å². The van der Waals surface area contributed by atoms with E-state index in [1.807, 2.05) is 13.1 Å². The number of rotatable bonds is 2. The van der Waals surface area contributed by atoms with Crippen LogP contribution in [0.2, 0.25) is 0 Å². The molecule has 1 heterocycles. The van der Waals surface area contributed by atoms with Gasteiger partial charge in [0.1, 0.15) is 0 Å². The van der Waals surface area contributed by atoms with E-state index in [1.54, 1.807) is 0 Å². The van der Waals surface area contributed by atoms with E-state index in [4.69, 9.17) is 5.73 Å². The fourth-order valence-corrected chi connectivity index (χ4v) is 1.39. The SMILES string of the molecule is CC(N)c1ncc(C2CCC2)nn1. The summed E-state index contributed by atoms with van der Waals surface area (Å²) in [5, 5.41) is 8.12. The number of aromatic nitrogens is 3. The van der Waals surface area contributed by atoms with Crippen molar-refractivity contribution in [2.75, 3.05) is 0 Å². The maximum absolute atomic E-state index is 5.62. The van der Waals surface area contributed by atoms with Crippen molar-refractivity contribution >= 4 is 0 Å². The van der Waals surface area contributed by atoms with Crippen LogP contribution in [0.5, 0.6) is 0 Å². The van der Waals surface area contributed by atoms with E-state index < -0.39 is 0 Å². The zero-order chi connectivity index (χ0) is 9.26. The molecule has 1 aliphatic carbocycles. The molecule has 0 spiro atoms. The van der Waals surface area contributed by atoms with Gasteiger partial charge in [-0.15, -0.1) is 5.10 Å². The first-order valence-corrected chi connectivity index (χ1v) is 4.72. The van der Waals surface area contributed by atoms with Crippen LogP contribution in [0.15, 0.2) is 6.20 Å². The Bertz CT molecular complexity index is 276. The quantitative estimate of drug-likeness (QED) is 0.738. The molecule has 0 saturated heterocycles. The lowest BCUT2D eigenvalue weighted by atomic mass is 9.83. The predicted octanol–water partition coefficient (Wildman–Crippen LogP) is 1.16. The highest BCUT2D eigenvalue weighted by Crippen LogP contribution is 2.34. The van der Waals surface area contributed by atoms with Crippen molar-refractivity contribution in [3.05, 3.63) is 17.7 Å². The van der Waals surface area contributed by atoms with E-state index in [0.29, 0.717) is 11.7 Å². The van der Waals surface area contributed by atoms with Crippen LogP contribution in [0.3, 0.4) is 0 Å². The van der Waals surface area contributed by atoms with E-state index in [-0.39, 0.29) is 6.04 Å². The molecule has 2 rings (SSSR count). The highest BCUT2D eigenvalue weighted by atomic mass is 15.2. The minimum Gasteiger partial charge on any atom is -0.321 e. The maximum Gasteiger partial charge on any atom is 0.167 e. The molecule has 4 nitrogen and oxygen atoms in total. The molecule has 0 aliphatic heterocycles. The van der Waals surface area contributed by atoms with Gasteiger partial charge in [-0.05, 0) is 19.8 Å². The maximum atomic E-state index is 5.62. The van der Waals surface area contributed by atoms with Crippen molar-refractivity contribution in [1.29, 1.82) is 0 Å². The van der Waals surface area contributed by atoms with E-state index in [1.165, 1.54) is 19.3 Å². The first kappa shape index (κ1) is 8.56. The largest absolute Gasteiger partial charge is 0.321 e. The van der Waals surface area contributed by atoms with Gasteiger partial charge in [0.05, 0.1) is 17.9 Å². The van der Waals surface area contributed by atoms with E-state index in [9.17, 15) is 0 Å². The summed E-state index contributed by atoms with van der Waals surface area (Å²) in [6.45, 7) is 1.86. The third kappa shape index (κ3) is 1.67. The van der Waals surface area contributed by atoms with Crippen LogP contribution in [0, 0.1) is 0 Å². The number of nitrogens with two attached hydrogens (primary N) is 1. The Morgan fingerprint density at radius 1 is 1.46 bits per heavy atom. The monoisotopic (exact) mass is 178 g/mol. The second kappa shape index (κ2) is 3.38. The standard InChI is InChI=1S/C9H14N4/c1-6(10)9-11-5-8(12-13-9)7-3-2-4-7/h5-7H,2-4,10H2,1H3. The average molecular weight is 178 g/mol. The van der Waals surface area contributed by atoms with Crippen LogP contribution < -0.4 is 5.73 Å². The van der Waals surface area contributed by atoms with Gasteiger partial charge >= 0.3 is 0 Å². The van der Waals surface area contributed by atoms with Gasteiger partial charge in [-0.3, -0.25) is 0 Å². The molecule has 1 fully saturated rings. The van der Waals surface area contributed by atoms with Crippen molar-refractivity contribution in [3.8, 4) is 0 Å². The highest BCUT2D eigenvalue weighted by Gasteiger charge is 2.21. The van der Waals surface area contributed by atoms with Crippen LogP contribution in [0.25, 0.3) is 0 Å². The zero-order valence-corrected chi connectivity index (χ0v) is 7.77. The second-order valence-electron chi connectivity index (χ2n) is 3.66. The van der Waals surface area contributed by atoms with Gasteiger partial charge in [-0.1, -0.05) is 6.42 Å². The molecular formula is C9H14N4. The molecule has 0 radical (unpaired) electrons. The Hall–Kier alpha value is -1.03. The van der Waals surface area contributed by atoms with Gasteiger partial charge in [-0.25, -0.2) is 4.98 Å². The van der Waals surface area contributed by atoms with E-state index in [2.05, 4.69) is 15.2 Å². The molecule has 1 atom stereocenters. The molecular weight excluding hydrogens is 164 g/mol. The third-order valence-corrected chi connectivity index (χ3v) is 2.53. The highest BCUT2D eigenvalue weighted by molar-refractivity contribution is 5.06. The summed E-state index contributed by atoms with van der Waals surface area (Å²) < 4.78 is 0. The summed E-state index contributed by atoms with van der Waals surface area (Å²) >= 11 is 0. The topological polar surface area (TPSA) is 64.7 Å². The molecule has 1 aromatic heterocycles. The van der Waals surface area contributed by atoms with Crippen molar-refractivity contribution in [2.24, 2.45) is 5.73 Å². The van der Waals surface area contributed by atoms with Gasteiger partial charge in [0.15, 0.2) is 5.82 Å². The Labute approximate surface area is 77.6 Å².